The van der Waals surface area contributed by atoms with Crippen LogP contribution in [0.5, 0.6) is 0 Å². The summed E-state index contributed by atoms with van der Waals surface area (Å²) < 4.78 is 0. The fraction of sp³-hybridized carbons (Fsp3) is 0.643. The van der Waals surface area contributed by atoms with Crippen LogP contribution in [0.15, 0.2) is 0 Å². The quantitative estimate of drug-likeness (QED) is 0.0897. The molecule has 0 saturated heterocycles. The molecule has 0 aromatic heterocycles. The van der Waals surface area contributed by atoms with Gasteiger partial charge in [0.2, 0.25) is 18.1 Å². The first-order valence-electron chi connectivity index (χ1n) is 8.12. The molecule has 0 spiro atoms. The summed E-state index contributed by atoms with van der Waals surface area (Å²) in [5.74, 6) is -1.34. The van der Waals surface area contributed by atoms with Crippen LogP contribution in [0.2, 0.25) is 0 Å². The molecule has 1 radical (unpaired) electrons. The summed E-state index contributed by atoms with van der Waals surface area (Å²) in [7, 11) is 0. The molecular weight excluding hydrogens is 342 g/mol. The molecule has 2 amide bonds. The van der Waals surface area contributed by atoms with Crippen LogP contribution in [0.3, 0.4) is 0 Å². The molecule has 0 aliphatic heterocycles. The van der Waals surface area contributed by atoms with Gasteiger partial charge >= 0.3 is 0 Å². The van der Waals surface area contributed by atoms with Gasteiger partial charge in [-0.1, -0.05) is 0 Å². The zero-order chi connectivity index (χ0) is 19.9. The summed E-state index contributed by atoms with van der Waals surface area (Å²) in [4.78, 5) is 34.4. The van der Waals surface area contributed by atoms with Gasteiger partial charge in [0.15, 0.2) is 11.9 Å². The molecule has 0 rings (SSSR count). The molecule has 0 heterocycles. The maximum absolute atomic E-state index is 11.8. The van der Waals surface area contributed by atoms with Crippen molar-refractivity contribution < 1.29 is 14.4 Å². The van der Waals surface area contributed by atoms with Crippen LogP contribution in [0, 0.1) is 10.8 Å². The second-order valence-electron chi connectivity index (χ2n) is 5.53. The first-order chi connectivity index (χ1) is 12.3. The lowest BCUT2D eigenvalue weighted by Crippen LogP contribution is -2.47. The third-order valence-electron chi connectivity index (χ3n) is 3.23. The second kappa shape index (κ2) is 13.4. The molecule has 0 fully saturated rings. The van der Waals surface area contributed by atoms with Crippen LogP contribution >= 0.6 is 0 Å². The number of amides is 2. The van der Waals surface area contributed by atoms with Crippen LogP contribution in [0.1, 0.15) is 25.7 Å². The molecule has 0 aliphatic rings. The second-order valence-corrected chi connectivity index (χ2v) is 5.53. The Morgan fingerprint density at radius 1 is 0.962 bits per heavy atom. The Kier molecular flexibility index (Phi) is 11.9. The minimum atomic E-state index is -0.806. The third-order valence-corrected chi connectivity index (χ3v) is 3.23. The van der Waals surface area contributed by atoms with Crippen LogP contribution in [-0.2, 0) is 14.4 Å². The Labute approximate surface area is 152 Å². The normalized spacial score (nSPS) is 12.3. The number of rotatable bonds is 13. The first-order valence-corrected chi connectivity index (χ1v) is 8.12. The molecule has 0 aromatic carbocycles. The smallest absolute Gasteiger partial charge is 0.239 e. The molecule has 0 unspecified atom stereocenters. The van der Waals surface area contributed by atoms with E-state index in [2.05, 4.69) is 21.3 Å². The van der Waals surface area contributed by atoms with Crippen molar-refractivity contribution in [2.45, 2.75) is 37.8 Å². The van der Waals surface area contributed by atoms with E-state index >= 15 is 0 Å². The van der Waals surface area contributed by atoms with E-state index in [-0.39, 0.29) is 18.5 Å². The van der Waals surface area contributed by atoms with Gasteiger partial charge in [0.1, 0.15) is 0 Å². The lowest BCUT2D eigenvalue weighted by molar-refractivity contribution is -0.127. The van der Waals surface area contributed by atoms with Crippen molar-refractivity contribution >= 4 is 30.0 Å². The molecule has 0 aliphatic carbocycles. The molecule has 2 atom stereocenters. The molecule has 12 nitrogen and oxygen atoms in total. The summed E-state index contributed by atoms with van der Waals surface area (Å²) >= 11 is 0. The van der Waals surface area contributed by atoms with Crippen molar-refractivity contribution in [3.05, 3.63) is 0 Å². The largest absolute Gasteiger partial charge is 0.370 e. The van der Waals surface area contributed by atoms with Gasteiger partial charge in [-0.05, 0) is 25.7 Å². The van der Waals surface area contributed by atoms with Crippen LogP contribution in [0.25, 0.3) is 0 Å². The summed E-state index contributed by atoms with van der Waals surface area (Å²) in [5, 5.41) is 24.0. The zero-order valence-electron chi connectivity index (χ0n) is 14.6. The van der Waals surface area contributed by atoms with Gasteiger partial charge in [-0.2, -0.15) is 0 Å². The Balaban J connectivity index is 3.98. The minimum Gasteiger partial charge on any atom is -0.370 e. The van der Waals surface area contributed by atoms with E-state index in [1.54, 1.807) is 6.29 Å². The van der Waals surface area contributed by atoms with E-state index in [0.717, 1.165) is 0 Å². The highest BCUT2D eigenvalue weighted by atomic mass is 16.2. The van der Waals surface area contributed by atoms with Gasteiger partial charge < -0.3 is 38.5 Å². The Morgan fingerprint density at radius 3 is 2.00 bits per heavy atom. The number of hydrogen-bond acceptors (Lipinski definition) is 6. The molecule has 26 heavy (non-hydrogen) atoms. The van der Waals surface area contributed by atoms with E-state index in [4.69, 9.17) is 28.0 Å². The van der Waals surface area contributed by atoms with Crippen molar-refractivity contribution in [3.63, 3.8) is 0 Å². The summed E-state index contributed by atoms with van der Waals surface area (Å²) in [5.41, 5.74) is 15.9. The van der Waals surface area contributed by atoms with Crippen molar-refractivity contribution in [2.75, 3.05) is 19.6 Å². The van der Waals surface area contributed by atoms with E-state index in [0.29, 0.717) is 38.8 Å². The predicted molar refractivity (Wildman–Crippen MR) is 96.9 cm³/mol. The molecule has 0 bridgehead atoms. The number of carbonyl (C=O) groups excluding carboxylic acids is 3. The van der Waals surface area contributed by atoms with Gasteiger partial charge in [-0.15, -0.1) is 0 Å². The highest BCUT2D eigenvalue weighted by Crippen LogP contribution is 1.95. The van der Waals surface area contributed by atoms with Crippen LogP contribution in [-0.4, -0.2) is 61.7 Å². The molecule has 12 heteroatoms. The van der Waals surface area contributed by atoms with Gasteiger partial charge in [-0.3, -0.25) is 25.2 Å². The summed E-state index contributed by atoms with van der Waals surface area (Å²) in [6, 6.07) is -1.60. The Hall–Kier alpha value is -2.89. The van der Waals surface area contributed by atoms with Gasteiger partial charge in [0, 0.05) is 13.1 Å². The molecule has 147 valence electrons. The number of nitrogens with one attached hydrogen (secondary N) is 6. The van der Waals surface area contributed by atoms with Crippen molar-refractivity contribution in [1.29, 1.82) is 10.8 Å². The van der Waals surface area contributed by atoms with Crippen molar-refractivity contribution in [3.8, 4) is 0 Å². The average molecular weight is 370 g/mol. The minimum absolute atomic E-state index is 0.154. The van der Waals surface area contributed by atoms with Gasteiger partial charge in [-0.25, -0.2) is 0 Å². The Morgan fingerprint density at radius 2 is 1.50 bits per heavy atom. The standard InChI is InChI=1S/C14H28N9O3/c15-10(4-2-6-21-14(18)19)12(26)22-7-11(25)23-9(8-24)3-1-5-20-13(16)17/h9-10H,1-7,15H2,(H,22,26)(H,23,25)(H4,16,17,20)(H4,18,19,21)/t9-,10-/m0/s1. The summed E-state index contributed by atoms with van der Waals surface area (Å²) in [6.07, 6.45) is 3.44. The predicted octanol–water partition coefficient (Wildman–Crippen LogP) is -3.45. The monoisotopic (exact) mass is 370 g/mol. The summed E-state index contributed by atoms with van der Waals surface area (Å²) in [6.45, 7) is 0.516. The maximum Gasteiger partial charge on any atom is 0.239 e. The Bertz CT molecular complexity index is 498. The van der Waals surface area contributed by atoms with Gasteiger partial charge in [0.05, 0.1) is 18.6 Å². The fourth-order valence-corrected chi connectivity index (χ4v) is 1.91. The van der Waals surface area contributed by atoms with Crippen LogP contribution < -0.4 is 38.5 Å². The van der Waals surface area contributed by atoms with E-state index in [1.165, 1.54) is 0 Å². The van der Waals surface area contributed by atoms with Crippen molar-refractivity contribution in [2.24, 2.45) is 17.2 Å². The molecule has 0 aromatic rings. The molecule has 0 saturated carbocycles. The van der Waals surface area contributed by atoms with E-state index in [1.807, 2.05) is 0 Å². The van der Waals surface area contributed by atoms with Gasteiger partial charge in [0.25, 0.3) is 0 Å². The zero-order valence-corrected chi connectivity index (χ0v) is 14.6. The lowest BCUT2D eigenvalue weighted by Gasteiger charge is -2.15. The van der Waals surface area contributed by atoms with Crippen LogP contribution in [0.4, 0.5) is 0 Å². The fourth-order valence-electron chi connectivity index (χ4n) is 1.91. The number of carbonyl (C=O) groups is 2. The topological polar surface area (TPSA) is 225 Å². The first kappa shape index (κ1) is 23.1. The van der Waals surface area contributed by atoms with E-state index < -0.39 is 23.9 Å². The highest BCUT2D eigenvalue weighted by molar-refractivity contribution is 5.88. The maximum atomic E-state index is 11.8. The average Bonchev–Trinajstić information content (AvgIpc) is 2.58. The molecule has 12 N–H and O–H groups in total. The number of hydrogen-bond donors (Lipinski definition) is 9. The number of nitrogens with two attached hydrogens (primary N) is 3. The lowest BCUT2D eigenvalue weighted by atomic mass is 10.1. The van der Waals surface area contributed by atoms with E-state index in [9.17, 15) is 14.4 Å². The van der Waals surface area contributed by atoms with Crippen molar-refractivity contribution in [1.82, 2.24) is 21.3 Å². The molecular formula is C14H28N9O3. The third kappa shape index (κ3) is 12.5. The number of guanidine groups is 2. The SMILES string of the molecule is N=C(N)NCCC[C@@H]([C]=O)NC(=O)CNC(=O)[C@@H](N)CCCNC(=N)N. The highest BCUT2D eigenvalue weighted by Gasteiger charge is 2.16.